The molecule has 0 aliphatic heterocycles. The van der Waals surface area contributed by atoms with Gasteiger partial charge in [0.1, 0.15) is 0 Å². The summed E-state index contributed by atoms with van der Waals surface area (Å²) in [5.41, 5.74) is 0.592. The third-order valence-electron chi connectivity index (χ3n) is 3.96. The van der Waals surface area contributed by atoms with Gasteiger partial charge in [0.05, 0.1) is 0 Å². The molecule has 0 aliphatic carbocycles. The number of rotatable bonds is 9. The highest BCUT2D eigenvalue weighted by molar-refractivity contribution is 4.83. The van der Waals surface area contributed by atoms with Crippen LogP contribution in [0.1, 0.15) is 86.5 Å². The van der Waals surface area contributed by atoms with Gasteiger partial charge in [0.15, 0.2) is 0 Å². The van der Waals surface area contributed by atoms with Crippen LogP contribution in [-0.4, -0.2) is 0 Å². The van der Waals surface area contributed by atoms with Crippen LogP contribution in [0.5, 0.6) is 0 Å². The second-order valence-electron chi connectivity index (χ2n) is 6.28. The molecule has 1 atom stereocenters. The molecular formula is C16H34. The van der Waals surface area contributed by atoms with E-state index in [1.807, 2.05) is 0 Å². The third-order valence-corrected chi connectivity index (χ3v) is 3.96. The van der Waals surface area contributed by atoms with E-state index < -0.39 is 0 Å². The standard InChI is InChI=1S/C16H34/c1-7-10-15(11-8-2)16(6,12-9-3)13-14(4)5/h14-15H,7-13H2,1-6H3. The fourth-order valence-electron chi connectivity index (χ4n) is 3.51. The first-order valence-electron chi connectivity index (χ1n) is 7.50. The lowest BCUT2D eigenvalue weighted by molar-refractivity contribution is 0.112. The maximum atomic E-state index is 2.55. The van der Waals surface area contributed by atoms with Crippen molar-refractivity contribution in [3.8, 4) is 0 Å². The van der Waals surface area contributed by atoms with E-state index in [-0.39, 0.29) is 0 Å². The Bertz CT molecular complexity index is 153. The van der Waals surface area contributed by atoms with Crippen LogP contribution in [0.4, 0.5) is 0 Å². The first kappa shape index (κ1) is 16.0. The van der Waals surface area contributed by atoms with Crippen LogP contribution in [0.25, 0.3) is 0 Å². The molecule has 0 saturated heterocycles. The van der Waals surface area contributed by atoms with Crippen molar-refractivity contribution in [2.45, 2.75) is 86.5 Å². The first-order valence-corrected chi connectivity index (χ1v) is 7.50. The van der Waals surface area contributed by atoms with Crippen LogP contribution in [0.15, 0.2) is 0 Å². The molecular weight excluding hydrogens is 192 g/mol. The van der Waals surface area contributed by atoms with Crippen molar-refractivity contribution in [1.29, 1.82) is 0 Å². The Morgan fingerprint density at radius 2 is 1.38 bits per heavy atom. The number of hydrogen-bond donors (Lipinski definition) is 0. The van der Waals surface area contributed by atoms with Gasteiger partial charge in [-0.25, -0.2) is 0 Å². The van der Waals surface area contributed by atoms with E-state index in [4.69, 9.17) is 0 Å². The predicted octanol–water partition coefficient (Wildman–Crippen LogP) is 6.06. The smallest absolute Gasteiger partial charge is 0.0295 e. The summed E-state index contributed by atoms with van der Waals surface area (Å²) in [7, 11) is 0. The predicted molar refractivity (Wildman–Crippen MR) is 75.8 cm³/mol. The highest BCUT2D eigenvalue weighted by Gasteiger charge is 2.32. The third kappa shape index (κ3) is 5.37. The van der Waals surface area contributed by atoms with Crippen molar-refractivity contribution in [2.75, 3.05) is 0 Å². The minimum absolute atomic E-state index is 0.592. The van der Waals surface area contributed by atoms with E-state index in [2.05, 4.69) is 41.5 Å². The maximum absolute atomic E-state index is 2.55. The Morgan fingerprint density at radius 1 is 0.875 bits per heavy atom. The van der Waals surface area contributed by atoms with Gasteiger partial charge in [0, 0.05) is 0 Å². The Balaban J connectivity index is 4.64. The average molecular weight is 226 g/mol. The van der Waals surface area contributed by atoms with E-state index in [0.717, 1.165) is 11.8 Å². The molecule has 0 heteroatoms. The van der Waals surface area contributed by atoms with Crippen molar-refractivity contribution >= 4 is 0 Å². The van der Waals surface area contributed by atoms with Gasteiger partial charge in [-0.15, -0.1) is 0 Å². The quantitative estimate of drug-likeness (QED) is 0.448. The molecule has 0 amide bonds. The molecule has 0 fully saturated rings. The molecule has 0 radical (unpaired) electrons. The van der Waals surface area contributed by atoms with E-state index >= 15 is 0 Å². The molecule has 0 aromatic carbocycles. The van der Waals surface area contributed by atoms with Crippen LogP contribution in [0.2, 0.25) is 0 Å². The Labute approximate surface area is 104 Å². The van der Waals surface area contributed by atoms with Gasteiger partial charge in [-0.2, -0.15) is 0 Å². The molecule has 0 bridgehead atoms. The molecule has 0 rings (SSSR count). The molecule has 0 saturated carbocycles. The van der Waals surface area contributed by atoms with Gasteiger partial charge in [0.25, 0.3) is 0 Å². The Morgan fingerprint density at radius 3 is 1.69 bits per heavy atom. The molecule has 0 heterocycles. The van der Waals surface area contributed by atoms with Gasteiger partial charge < -0.3 is 0 Å². The van der Waals surface area contributed by atoms with Gasteiger partial charge in [0.2, 0.25) is 0 Å². The second kappa shape index (κ2) is 8.14. The lowest BCUT2D eigenvalue weighted by atomic mass is 9.66. The van der Waals surface area contributed by atoms with E-state index in [1.54, 1.807) is 0 Å². The normalized spacial score (nSPS) is 15.8. The van der Waals surface area contributed by atoms with Crippen molar-refractivity contribution in [3.05, 3.63) is 0 Å². The fraction of sp³-hybridized carbons (Fsp3) is 1.00. The topological polar surface area (TPSA) is 0 Å². The van der Waals surface area contributed by atoms with Crippen molar-refractivity contribution in [2.24, 2.45) is 17.3 Å². The second-order valence-corrected chi connectivity index (χ2v) is 6.28. The summed E-state index contributed by atoms with van der Waals surface area (Å²) in [6, 6.07) is 0. The molecule has 1 unspecified atom stereocenters. The molecule has 0 aromatic heterocycles. The highest BCUT2D eigenvalue weighted by atomic mass is 14.4. The molecule has 0 nitrogen and oxygen atoms in total. The summed E-state index contributed by atoms with van der Waals surface area (Å²) in [6.07, 6.45) is 9.72. The minimum atomic E-state index is 0.592. The first-order chi connectivity index (χ1) is 7.50. The zero-order valence-electron chi connectivity index (χ0n) is 12.6. The van der Waals surface area contributed by atoms with Gasteiger partial charge in [-0.3, -0.25) is 0 Å². The molecule has 0 aromatic rings. The van der Waals surface area contributed by atoms with Crippen LogP contribution >= 0.6 is 0 Å². The van der Waals surface area contributed by atoms with E-state index in [1.165, 1.54) is 44.9 Å². The number of hydrogen-bond acceptors (Lipinski definition) is 0. The summed E-state index contributed by atoms with van der Waals surface area (Å²) in [5.74, 6) is 1.79. The zero-order valence-corrected chi connectivity index (χ0v) is 12.6. The Hall–Kier alpha value is 0. The SMILES string of the molecule is CCCC(CCC)C(C)(CCC)CC(C)C. The van der Waals surface area contributed by atoms with Crippen LogP contribution in [0, 0.1) is 17.3 Å². The lowest BCUT2D eigenvalue weighted by Gasteiger charge is -2.39. The summed E-state index contributed by atoms with van der Waals surface area (Å²) in [6.45, 7) is 14.3. The van der Waals surface area contributed by atoms with Crippen LogP contribution < -0.4 is 0 Å². The van der Waals surface area contributed by atoms with Gasteiger partial charge in [-0.05, 0) is 30.1 Å². The van der Waals surface area contributed by atoms with Crippen molar-refractivity contribution < 1.29 is 0 Å². The van der Waals surface area contributed by atoms with Crippen molar-refractivity contribution in [1.82, 2.24) is 0 Å². The monoisotopic (exact) mass is 226 g/mol. The summed E-state index contributed by atoms with van der Waals surface area (Å²) >= 11 is 0. The molecule has 16 heavy (non-hydrogen) atoms. The van der Waals surface area contributed by atoms with Crippen molar-refractivity contribution in [3.63, 3.8) is 0 Å². The fourth-order valence-corrected chi connectivity index (χ4v) is 3.51. The van der Waals surface area contributed by atoms with Crippen LogP contribution in [-0.2, 0) is 0 Å². The zero-order chi connectivity index (χ0) is 12.6. The van der Waals surface area contributed by atoms with E-state index in [9.17, 15) is 0 Å². The van der Waals surface area contributed by atoms with Crippen LogP contribution in [0.3, 0.4) is 0 Å². The Kier molecular flexibility index (Phi) is 8.14. The maximum Gasteiger partial charge on any atom is -0.0295 e. The largest absolute Gasteiger partial charge is 0.0654 e. The van der Waals surface area contributed by atoms with Gasteiger partial charge in [-0.1, -0.05) is 73.6 Å². The lowest BCUT2D eigenvalue weighted by Crippen LogP contribution is -2.29. The molecule has 0 aliphatic rings. The molecule has 0 spiro atoms. The van der Waals surface area contributed by atoms with Gasteiger partial charge >= 0.3 is 0 Å². The summed E-state index contributed by atoms with van der Waals surface area (Å²) < 4.78 is 0. The molecule has 98 valence electrons. The summed E-state index contributed by atoms with van der Waals surface area (Å²) in [4.78, 5) is 0. The highest BCUT2D eigenvalue weighted by Crippen LogP contribution is 2.43. The summed E-state index contributed by atoms with van der Waals surface area (Å²) in [5, 5.41) is 0. The van der Waals surface area contributed by atoms with E-state index in [0.29, 0.717) is 5.41 Å². The molecule has 0 N–H and O–H groups in total. The average Bonchev–Trinajstić information content (AvgIpc) is 2.16. The minimum Gasteiger partial charge on any atom is -0.0654 e.